The lowest BCUT2D eigenvalue weighted by Gasteiger charge is -2.27. The van der Waals surface area contributed by atoms with Gasteiger partial charge in [0, 0.05) is 23.3 Å². The third-order valence-corrected chi connectivity index (χ3v) is 4.43. The van der Waals surface area contributed by atoms with E-state index < -0.39 is 0 Å². The number of unbranched alkanes of at least 4 members (excludes halogenated alkanes) is 2. The second-order valence-electron chi connectivity index (χ2n) is 4.52. The standard InChI is InChI=1S/C14H24OS/c1-3-5-7-9-14-12(8-6-4-2)13(15)10-11-16-14/h7,9,12,14H,3-6,8,10-11H2,1-2H3/b9-7+/t12-,14-/m1/s1. The number of rotatable bonds is 6. The highest BCUT2D eigenvalue weighted by Crippen LogP contribution is 2.32. The molecule has 0 aromatic rings. The molecule has 0 aromatic heterocycles. The van der Waals surface area contributed by atoms with Crippen molar-refractivity contribution in [3.8, 4) is 0 Å². The summed E-state index contributed by atoms with van der Waals surface area (Å²) in [7, 11) is 0. The fourth-order valence-corrected chi connectivity index (χ4v) is 3.45. The Morgan fingerprint density at radius 1 is 1.38 bits per heavy atom. The Hall–Kier alpha value is -0.240. The molecule has 0 saturated carbocycles. The molecule has 0 aliphatic carbocycles. The molecule has 2 heteroatoms. The van der Waals surface area contributed by atoms with Gasteiger partial charge in [-0.1, -0.05) is 45.3 Å². The molecule has 1 saturated heterocycles. The van der Waals surface area contributed by atoms with E-state index in [-0.39, 0.29) is 0 Å². The van der Waals surface area contributed by atoms with Gasteiger partial charge in [0.2, 0.25) is 0 Å². The van der Waals surface area contributed by atoms with Crippen molar-refractivity contribution in [2.75, 3.05) is 5.75 Å². The first-order chi connectivity index (χ1) is 7.79. The van der Waals surface area contributed by atoms with Gasteiger partial charge in [0.15, 0.2) is 0 Å². The summed E-state index contributed by atoms with van der Waals surface area (Å²) >= 11 is 1.97. The predicted octanol–water partition coefficient (Wildman–Crippen LogP) is 4.22. The number of allylic oxidation sites excluding steroid dienone is 1. The summed E-state index contributed by atoms with van der Waals surface area (Å²) in [5.74, 6) is 1.81. The van der Waals surface area contributed by atoms with Crippen LogP contribution in [0.5, 0.6) is 0 Å². The van der Waals surface area contributed by atoms with Crippen molar-refractivity contribution < 1.29 is 4.79 Å². The summed E-state index contributed by atoms with van der Waals surface area (Å²) < 4.78 is 0. The minimum absolute atomic E-state index is 0.298. The molecular formula is C14H24OS. The van der Waals surface area contributed by atoms with E-state index in [0.29, 0.717) is 17.0 Å². The van der Waals surface area contributed by atoms with Crippen molar-refractivity contribution in [1.29, 1.82) is 0 Å². The average Bonchev–Trinajstić information content (AvgIpc) is 2.28. The van der Waals surface area contributed by atoms with E-state index in [2.05, 4.69) is 26.0 Å². The van der Waals surface area contributed by atoms with Crippen LogP contribution in [0.25, 0.3) is 0 Å². The lowest BCUT2D eigenvalue weighted by atomic mass is 9.91. The number of hydrogen-bond donors (Lipinski definition) is 0. The van der Waals surface area contributed by atoms with Crippen LogP contribution in [-0.2, 0) is 4.79 Å². The normalized spacial score (nSPS) is 26.5. The highest BCUT2D eigenvalue weighted by atomic mass is 32.2. The van der Waals surface area contributed by atoms with Gasteiger partial charge in [-0.3, -0.25) is 4.79 Å². The topological polar surface area (TPSA) is 17.1 Å². The minimum Gasteiger partial charge on any atom is -0.299 e. The first-order valence-electron chi connectivity index (χ1n) is 6.60. The summed E-state index contributed by atoms with van der Waals surface area (Å²) in [5, 5.41) is 0.458. The van der Waals surface area contributed by atoms with Crippen LogP contribution in [0.15, 0.2) is 12.2 Å². The van der Waals surface area contributed by atoms with E-state index in [0.717, 1.165) is 25.0 Å². The van der Waals surface area contributed by atoms with Gasteiger partial charge in [-0.15, -0.1) is 0 Å². The molecule has 1 heterocycles. The summed E-state index contributed by atoms with van der Waals surface area (Å²) in [6.07, 6.45) is 11.1. The predicted molar refractivity (Wildman–Crippen MR) is 72.9 cm³/mol. The summed E-state index contributed by atoms with van der Waals surface area (Å²) in [5.41, 5.74) is 0. The molecule has 1 fully saturated rings. The van der Waals surface area contributed by atoms with Crippen molar-refractivity contribution in [3.05, 3.63) is 12.2 Å². The maximum atomic E-state index is 11.9. The van der Waals surface area contributed by atoms with Crippen LogP contribution in [0.2, 0.25) is 0 Å². The van der Waals surface area contributed by atoms with Crippen molar-refractivity contribution in [3.63, 3.8) is 0 Å². The molecule has 0 unspecified atom stereocenters. The second kappa shape index (κ2) is 7.94. The van der Waals surface area contributed by atoms with Gasteiger partial charge in [-0.25, -0.2) is 0 Å². The minimum atomic E-state index is 0.298. The number of carbonyl (C=O) groups is 1. The lowest BCUT2D eigenvalue weighted by Crippen LogP contribution is -2.29. The molecule has 2 atom stereocenters. The molecule has 0 amide bonds. The quantitative estimate of drug-likeness (QED) is 0.646. The van der Waals surface area contributed by atoms with Crippen LogP contribution in [0.3, 0.4) is 0 Å². The third-order valence-electron chi connectivity index (χ3n) is 3.12. The van der Waals surface area contributed by atoms with E-state index in [4.69, 9.17) is 0 Å². The Morgan fingerprint density at radius 3 is 2.88 bits per heavy atom. The maximum absolute atomic E-state index is 11.9. The monoisotopic (exact) mass is 240 g/mol. The van der Waals surface area contributed by atoms with Gasteiger partial charge in [0.05, 0.1) is 0 Å². The van der Waals surface area contributed by atoms with Crippen LogP contribution in [0.4, 0.5) is 0 Å². The van der Waals surface area contributed by atoms with Gasteiger partial charge in [0.25, 0.3) is 0 Å². The molecule has 92 valence electrons. The number of Topliss-reactive ketones (excluding diaryl/α,β-unsaturated/α-hetero) is 1. The van der Waals surface area contributed by atoms with Crippen LogP contribution in [-0.4, -0.2) is 16.8 Å². The molecule has 1 rings (SSSR count). The lowest BCUT2D eigenvalue weighted by molar-refractivity contribution is -0.122. The molecule has 0 N–H and O–H groups in total. The van der Waals surface area contributed by atoms with Crippen molar-refractivity contribution in [2.45, 2.75) is 57.6 Å². The van der Waals surface area contributed by atoms with Gasteiger partial charge in [-0.05, 0) is 12.8 Å². The summed E-state index contributed by atoms with van der Waals surface area (Å²) in [4.78, 5) is 11.9. The Bertz CT molecular complexity index is 235. The fourth-order valence-electron chi connectivity index (χ4n) is 2.12. The van der Waals surface area contributed by atoms with Gasteiger partial charge in [-0.2, -0.15) is 11.8 Å². The smallest absolute Gasteiger partial charge is 0.138 e. The molecule has 0 bridgehead atoms. The van der Waals surface area contributed by atoms with Gasteiger partial charge in [0.1, 0.15) is 5.78 Å². The average molecular weight is 240 g/mol. The van der Waals surface area contributed by atoms with E-state index in [1.54, 1.807) is 0 Å². The highest BCUT2D eigenvalue weighted by molar-refractivity contribution is 8.00. The zero-order valence-electron chi connectivity index (χ0n) is 10.6. The molecule has 0 aromatic carbocycles. The Kier molecular flexibility index (Phi) is 6.86. The largest absolute Gasteiger partial charge is 0.299 e. The van der Waals surface area contributed by atoms with Crippen molar-refractivity contribution in [1.82, 2.24) is 0 Å². The highest BCUT2D eigenvalue weighted by Gasteiger charge is 2.29. The van der Waals surface area contributed by atoms with E-state index in [1.165, 1.54) is 19.3 Å². The third kappa shape index (κ3) is 4.32. The zero-order chi connectivity index (χ0) is 11.8. The molecule has 1 aliphatic rings. The molecule has 1 nitrogen and oxygen atoms in total. The summed E-state index contributed by atoms with van der Waals surface area (Å²) in [6, 6.07) is 0. The Labute approximate surface area is 104 Å². The number of hydrogen-bond acceptors (Lipinski definition) is 2. The summed E-state index contributed by atoms with van der Waals surface area (Å²) in [6.45, 7) is 4.39. The molecule has 1 aliphatic heterocycles. The Balaban J connectivity index is 2.52. The first-order valence-corrected chi connectivity index (χ1v) is 7.65. The van der Waals surface area contributed by atoms with Crippen LogP contribution in [0, 0.1) is 5.92 Å². The molecule has 16 heavy (non-hydrogen) atoms. The van der Waals surface area contributed by atoms with Crippen molar-refractivity contribution in [2.24, 2.45) is 5.92 Å². The van der Waals surface area contributed by atoms with E-state index in [1.807, 2.05) is 11.8 Å². The maximum Gasteiger partial charge on any atom is 0.138 e. The first kappa shape index (κ1) is 13.8. The van der Waals surface area contributed by atoms with Crippen LogP contribution < -0.4 is 0 Å². The fraction of sp³-hybridized carbons (Fsp3) is 0.786. The Morgan fingerprint density at radius 2 is 2.19 bits per heavy atom. The second-order valence-corrected chi connectivity index (χ2v) is 5.80. The SMILES string of the molecule is CCC/C=C/[C@H]1SCCC(=O)[C@H]1CCCC. The zero-order valence-corrected chi connectivity index (χ0v) is 11.4. The van der Waals surface area contributed by atoms with Gasteiger partial charge < -0.3 is 0 Å². The molecular weight excluding hydrogens is 216 g/mol. The van der Waals surface area contributed by atoms with E-state index in [9.17, 15) is 4.79 Å². The molecule has 0 spiro atoms. The van der Waals surface area contributed by atoms with Crippen LogP contribution >= 0.6 is 11.8 Å². The van der Waals surface area contributed by atoms with Gasteiger partial charge >= 0.3 is 0 Å². The number of thioether (sulfide) groups is 1. The number of ketones is 1. The number of carbonyl (C=O) groups excluding carboxylic acids is 1. The van der Waals surface area contributed by atoms with E-state index >= 15 is 0 Å². The van der Waals surface area contributed by atoms with Crippen molar-refractivity contribution >= 4 is 17.5 Å². The van der Waals surface area contributed by atoms with Crippen LogP contribution in [0.1, 0.15) is 52.4 Å². The molecule has 0 radical (unpaired) electrons.